The molecule has 1 amide bonds. The molecule has 0 radical (unpaired) electrons. The number of benzene rings is 1. The minimum absolute atomic E-state index is 0.133. The summed E-state index contributed by atoms with van der Waals surface area (Å²) in [5, 5.41) is 3.22. The smallest absolute Gasteiger partial charge is 0.223 e. The van der Waals surface area contributed by atoms with E-state index in [1.807, 2.05) is 0 Å². The van der Waals surface area contributed by atoms with E-state index in [9.17, 15) is 13.2 Å². The molecule has 2 fully saturated rings. The van der Waals surface area contributed by atoms with Crippen LogP contribution in [0.2, 0.25) is 0 Å². The second-order valence-corrected chi connectivity index (χ2v) is 10.8. The van der Waals surface area contributed by atoms with Gasteiger partial charge in [-0.15, -0.1) is 0 Å². The molecule has 0 aromatic heterocycles. The van der Waals surface area contributed by atoms with E-state index in [0.717, 1.165) is 43.2 Å². The molecule has 2 aliphatic rings. The summed E-state index contributed by atoms with van der Waals surface area (Å²) in [5.41, 5.74) is 0. The van der Waals surface area contributed by atoms with E-state index in [1.165, 1.54) is 19.3 Å². The number of sulfone groups is 1. The summed E-state index contributed by atoms with van der Waals surface area (Å²) in [7, 11) is -3.26. The van der Waals surface area contributed by atoms with Crippen molar-refractivity contribution in [2.24, 2.45) is 5.92 Å². The van der Waals surface area contributed by atoms with Crippen LogP contribution in [0.3, 0.4) is 0 Å². The number of nitrogens with zero attached hydrogens (tertiary/aromatic N) is 1. The van der Waals surface area contributed by atoms with Crippen LogP contribution in [-0.2, 0) is 14.6 Å². The van der Waals surface area contributed by atoms with Gasteiger partial charge in [-0.3, -0.25) is 4.79 Å². The lowest BCUT2D eigenvalue weighted by molar-refractivity contribution is -0.127. The summed E-state index contributed by atoms with van der Waals surface area (Å²) >= 11 is 3.33. The Morgan fingerprint density at radius 2 is 1.67 bits per heavy atom. The number of hydrogen-bond donors (Lipinski definition) is 1. The van der Waals surface area contributed by atoms with Gasteiger partial charge >= 0.3 is 0 Å². The zero-order valence-corrected chi connectivity index (χ0v) is 18.1. The Bertz CT molecular complexity index is 722. The Morgan fingerprint density at radius 3 is 2.30 bits per heavy atom. The quantitative estimate of drug-likeness (QED) is 0.712. The molecule has 5 nitrogen and oxygen atoms in total. The molecule has 1 heterocycles. The van der Waals surface area contributed by atoms with Gasteiger partial charge in [0.15, 0.2) is 9.84 Å². The molecule has 0 spiro atoms. The van der Waals surface area contributed by atoms with Crippen molar-refractivity contribution in [2.75, 3.05) is 25.4 Å². The summed E-state index contributed by atoms with van der Waals surface area (Å²) in [6, 6.07) is 7.04. The second kappa shape index (κ2) is 9.52. The standard InChI is InChI=1S/C20H29BrN2O3S/c21-17-6-8-19(9-7-17)27(25,26)15-14-23-12-10-18(11-13-23)22-20(24)16-4-2-1-3-5-16/h6-9,16,18H,1-5,10-15H2,(H,22,24). The highest BCUT2D eigenvalue weighted by molar-refractivity contribution is 9.10. The molecule has 1 aromatic carbocycles. The Labute approximate surface area is 170 Å². The molecule has 1 aliphatic heterocycles. The van der Waals surface area contributed by atoms with Crippen LogP contribution in [0.5, 0.6) is 0 Å². The first-order chi connectivity index (χ1) is 12.9. The molecule has 1 saturated carbocycles. The molecule has 1 aromatic rings. The molecule has 0 bridgehead atoms. The lowest BCUT2D eigenvalue weighted by atomic mass is 9.88. The zero-order chi connectivity index (χ0) is 19.3. The van der Waals surface area contributed by atoms with E-state index >= 15 is 0 Å². The molecule has 0 unspecified atom stereocenters. The van der Waals surface area contributed by atoms with Gasteiger partial charge in [-0.25, -0.2) is 8.42 Å². The average molecular weight is 457 g/mol. The number of halogens is 1. The van der Waals surface area contributed by atoms with E-state index in [0.29, 0.717) is 11.4 Å². The maximum Gasteiger partial charge on any atom is 0.223 e. The minimum Gasteiger partial charge on any atom is -0.353 e. The molecule has 0 atom stereocenters. The number of piperidine rings is 1. The molecule has 1 saturated heterocycles. The van der Waals surface area contributed by atoms with Gasteiger partial charge in [-0.05, 0) is 49.9 Å². The van der Waals surface area contributed by atoms with Gasteiger partial charge in [0, 0.05) is 36.1 Å². The van der Waals surface area contributed by atoms with Crippen molar-refractivity contribution in [1.29, 1.82) is 0 Å². The predicted molar refractivity (Wildman–Crippen MR) is 110 cm³/mol. The van der Waals surface area contributed by atoms with E-state index in [1.54, 1.807) is 24.3 Å². The maximum atomic E-state index is 12.5. The lowest BCUT2D eigenvalue weighted by Crippen LogP contribution is -2.47. The van der Waals surface area contributed by atoms with Crippen molar-refractivity contribution in [2.45, 2.75) is 55.9 Å². The third-order valence-electron chi connectivity index (χ3n) is 5.76. The number of likely N-dealkylation sites (tertiary alicyclic amines) is 1. The Morgan fingerprint density at radius 1 is 1.04 bits per heavy atom. The van der Waals surface area contributed by atoms with Gasteiger partial charge in [-0.2, -0.15) is 0 Å². The summed E-state index contributed by atoms with van der Waals surface area (Å²) in [6.45, 7) is 2.22. The highest BCUT2D eigenvalue weighted by Crippen LogP contribution is 2.24. The summed E-state index contributed by atoms with van der Waals surface area (Å²) in [6.07, 6.45) is 7.45. The van der Waals surface area contributed by atoms with Gasteiger partial charge < -0.3 is 10.2 Å². The van der Waals surface area contributed by atoms with Crippen LogP contribution in [-0.4, -0.2) is 50.7 Å². The first-order valence-electron chi connectivity index (χ1n) is 9.95. The number of carbonyl (C=O) groups excluding carboxylic acids is 1. The van der Waals surface area contributed by atoms with Crippen LogP contribution in [0.15, 0.2) is 33.6 Å². The van der Waals surface area contributed by atoms with Gasteiger partial charge in [0.1, 0.15) is 0 Å². The van der Waals surface area contributed by atoms with Crippen LogP contribution >= 0.6 is 15.9 Å². The fourth-order valence-corrected chi connectivity index (χ4v) is 5.54. The topological polar surface area (TPSA) is 66.5 Å². The maximum absolute atomic E-state index is 12.5. The van der Waals surface area contributed by atoms with Crippen LogP contribution in [0.4, 0.5) is 0 Å². The SMILES string of the molecule is O=C(NC1CCN(CCS(=O)(=O)c2ccc(Br)cc2)CC1)C1CCCCC1. The lowest BCUT2D eigenvalue weighted by Gasteiger charge is -2.33. The van der Waals surface area contributed by atoms with Crippen LogP contribution < -0.4 is 5.32 Å². The Balaban J connectivity index is 1.41. The van der Waals surface area contributed by atoms with E-state index in [2.05, 4.69) is 26.1 Å². The van der Waals surface area contributed by atoms with Gasteiger partial charge in [0.05, 0.1) is 10.6 Å². The highest BCUT2D eigenvalue weighted by Gasteiger charge is 2.26. The van der Waals surface area contributed by atoms with Crippen molar-refractivity contribution in [1.82, 2.24) is 10.2 Å². The summed E-state index contributed by atoms with van der Waals surface area (Å²) in [4.78, 5) is 14.9. The van der Waals surface area contributed by atoms with Crippen LogP contribution in [0.25, 0.3) is 0 Å². The van der Waals surface area contributed by atoms with E-state index < -0.39 is 9.84 Å². The van der Waals surface area contributed by atoms with Crippen molar-refractivity contribution in [3.63, 3.8) is 0 Å². The van der Waals surface area contributed by atoms with E-state index in [4.69, 9.17) is 0 Å². The number of carbonyl (C=O) groups is 1. The molecule has 7 heteroatoms. The zero-order valence-electron chi connectivity index (χ0n) is 15.7. The first kappa shape index (κ1) is 20.8. The Kier molecular flexibility index (Phi) is 7.34. The number of rotatable bonds is 6. The fraction of sp³-hybridized carbons (Fsp3) is 0.650. The minimum atomic E-state index is -3.26. The van der Waals surface area contributed by atoms with Gasteiger partial charge in [-0.1, -0.05) is 35.2 Å². The Hall–Kier alpha value is -0.920. The number of amides is 1. The van der Waals surface area contributed by atoms with E-state index in [-0.39, 0.29) is 23.6 Å². The monoisotopic (exact) mass is 456 g/mol. The third-order valence-corrected chi connectivity index (χ3v) is 8.00. The molecular weight excluding hydrogens is 428 g/mol. The molecule has 1 aliphatic carbocycles. The average Bonchev–Trinajstić information content (AvgIpc) is 2.68. The van der Waals surface area contributed by atoms with Gasteiger partial charge in [0.2, 0.25) is 5.91 Å². The molecular formula is C20H29BrN2O3S. The molecule has 3 rings (SSSR count). The van der Waals surface area contributed by atoms with Crippen molar-refractivity contribution in [3.05, 3.63) is 28.7 Å². The largest absolute Gasteiger partial charge is 0.353 e. The number of nitrogens with one attached hydrogen (secondary N) is 1. The van der Waals surface area contributed by atoms with Crippen LogP contribution in [0, 0.1) is 5.92 Å². The van der Waals surface area contributed by atoms with Crippen molar-refractivity contribution >= 4 is 31.7 Å². The normalized spacial score (nSPS) is 20.5. The number of hydrogen-bond acceptors (Lipinski definition) is 4. The fourth-order valence-electron chi connectivity index (χ4n) is 3.99. The van der Waals surface area contributed by atoms with Gasteiger partial charge in [0.25, 0.3) is 0 Å². The van der Waals surface area contributed by atoms with Crippen LogP contribution in [0.1, 0.15) is 44.9 Å². The van der Waals surface area contributed by atoms with Crippen molar-refractivity contribution in [3.8, 4) is 0 Å². The predicted octanol–water partition coefficient (Wildman–Crippen LogP) is 3.38. The molecule has 27 heavy (non-hydrogen) atoms. The van der Waals surface area contributed by atoms with Crippen molar-refractivity contribution < 1.29 is 13.2 Å². The first-order valence-corrected chi connectivity index (χ1v) is 12.4. The second-order valence-electron chi connectivity index (χ2n) is 7.73. The molecule has 150 valence electrons. The summed E-state index contributed by atoms with van der Waals surface area (Å²) < 4.78 is 25.8. The third kappa shape index (κ3) is 6.03. The molecule has 1 N–H and O–H groups in total. The summed E-state index contributed by atoms with van der Waals surface area (Å²) in [5.74, 6) is 0.562. The highest BCUT2D eigenvalue weighted by atomic mass is 79.9.